The Hall–Kier alpha value is -0.120. The zero-order valence-electron chi connectivity index (χ0n) is 16.8. The summed E-state index contributed by atoms with van der Waals surface area (Å²) in [4.78, 5) is 15.9. The average Bonchev–Trinajstić information content (AvgIpc) is 3.15. The summed E-state index contributed by atoms with van der Waals surface area (Å²) in [5.74, 6) is 0.630. The van der Waals surface area contributed by atoms with Gasteiger partial charge in [0.1, 0.15) is 5.54 Å². The van der Waals surface area contributed by atoms with E-state index in [4.69, 9.17) is 15.4 Å². The van der Waals surface area contributed by atoms with E-state index in [-0.39, 0.29) is 18.1 Å². The van der Waals surface area contributed by atoms with E-state index in [0.29, 0.717) is 12.5 Å². The van der Waals surface area contributed by atoms with E-state index < -0.39 is 15.3 Å². The summed E-state index contributed by atoms with van der Waals surface area (Å²) in [7, 11) is -0.422. The second-order valence-electron chi connectivity index (χ2n) is 8.46. The Kier molecular flexibility index (Phi) is 8.05. The molecule has 8 heteroatoms. The number of hydrogen-bond acceptors (Lipinski definition) is 6. The monoisotopic (exact) mass is 416 g/mol. The fourth-order valence-electron chi connectivity index (χ4n) is 5.03. The summed E-state index contributed by atoms with van der Waals surface area (Å²) in [6.45, 7) is 3.56. The van der Waals surface area contributed by atoms with Crippen molar-refractivity contribution in [3.63, 3.8) is 0 Å². The number of likely N-dealkylation sites (tertiary alicyclic amines) is 1. The van der Waals surface area contributed by atoms with E-state index in [0.717, 1.165) is 32.2 Å². The molecule has 2 unspecified atom stereocenters. The Labute approximate surface area is 171 Å². The molecule has 3 fully saturated rings. The van der Waals surface area contributed by atoms with Crippen LogP contribution >= 0.6 is 0 Å². The largest absolute Gasteiger partial charge is 0.338 e. The number of amides is 1. The molecule has 0 aromatic heterocycles. The Bertz CT molecular complexity index is 518. The SMILES string of the molecule is C[C@H]1C[C@@H](OS(C)=S)CCN1C(=O)C1(C2CCCCCCCC2)CNNN1. The minimum Gasteiger partial charge on any atom is -0.338 e. The molecule has 0 aromatic carbocycles. The normalized spacial score (nSPS) is 35.3. The summed E-state index contributed by atoms with van der Waals surface area (Å²) in [6.07, 6.45) is 13.8. The molecule has 156 valence electrons. The van der Waals surface area contributed by atoms with Crippen molar-refractivity contribution in [2.24, 2.45) is 5.92 Å². The number of hydrazine groups is 2. The van der Waals surface area contributed by atoms with Crippen LogP contribution in [0.4, 0.5) is 0 Å². The summed E-state index contributed by atoms with van der Waals surface area (Å²) >= 11 is 5.20. The lowest BCUT2D eigenvalue weighted by molar-refractivity contribution is -0.144. The first-order valence-electron chi connectivity index (χ1n) is 10.6. The van der Waals surface area contributed by atoms with Gasteiger partial charge in [0.05, 0.1) is 6.10 Å². The molecule has 1 aliphatic carbocycles. The highest BCUT2D eigenvalue weighted by Gasteiger charge is 2.50. The molecule has 27 heavy (non-hydrogen) atoms. The van der Waals surface area contributed by atoms with Gasteiger partial charge < -0.3 is 9.08 Å². The van der Waals surface area contributed by atoms with Gasteiger partial charge in [-0.05, 0) is 49.7 Å². The molecule has 0 radical (unpaired) electrons. The highest BCUT2D eigenvalue weighted by Crippen LogP contribution is 2.34. The van der Waals surface area contributed by atoms with Gasteiger partial charge in [0, 0.05) is 35.1 Å². The molecular weight excluding hydrogens is 380 g/mol. The topological polar surface area (TPSA) is 65.6 Å². The molecule has 0 spiro atoms. The number of nitrogens with zero attached hydrogens (tertiary/aromatic N) is 1. The van der Waals surface area contributed by atoms with Gasteiger partial charge in [-0.2, -0.15) is 5.53 Å². The van der Waals surface area contributed by atoms with E-state index in [9.17, 15) is 4.79 Å². The summed E-state index contributed by atoms with van der Waals surface area (Å²) in [5.41, 5.74) is 9.08. The van der Waals surface area contributed by atoms with Gasteiger partial charge in [-0.1, -0.05) is 38.5 Å². The highest BCUT2D eigenvalue weighted by atomic mass is 32.8. The number of carbonyl (C=O) groups is 1. The van der Waals surface area contributed by atoms with E-state index in [2.05, 4.69) is 28.2 Å². The van der Waals surface area contributed by atoms with Gasteiger partial charge in [0.2, 0.25) is 5.91 Å². The van der Waals surface area contributed by atoms with Crippen LogP contribution in [0.5, 0.6) is 0 Å². The Morgan fingerprint density at radius 1 is 1.15 bits per heavy atom. The van der Waals surface area contributed by atoms with Crippen LogP contribution in [-0.2, 0) is 29.9 Å². The zero-order chi connectivity index (χ0) is 19.3. The first kappa shape index (κ1) is 21.6. The smallest absolute Gasteiger partial charge is 0.246 e. The second-order valence-corrected chi connectivity index (χ2v) is 10.9. The first-order chi connectivity index (χ1) is 13.0. The third-order valence-electron chi connectivity index (χ3n) is 6.54. The maximum absolute atomic E-state index is 13.8. The van der Waals surface area contributed by atoms with Gasteiger partial charge in [-0.3, -0.25) is 4.79 Å². The van der Waals surface area contributed by atoms with Crippen LogP contribution in [0, 0.1) is 5.92 Å². The fraction of sp³-hybridized carbons (Fsp3) is 0.947. The van der Waals surface area contributed by atoms with Gasteiger partial charge in [0.15, 0.2) is 0 Å². The number of piperidine rings is 1. The molecule has 3 rings (SSSR count). The highest BCUT2D eigenvalue weighted by molar-refractivity contribution is 8.25. The molecule has 4 atom stereocenters. The Morgan fingerprint density at radius 2 is 1.81 bits per heavy atom. The van der Waals surface area contributed by atoms with E-state index in [1.165, 1.54) is 38.5 Å². The Balaban J connectivity index is 1.71. The van der Waals surface area contributed by atoms with Crippen molar-refractivity contribution in [2.45, 2.75) is 88.8 Å². The van der Waals surface area contributed by atoms with E-state index >= 15 is 0 Å². The number of rotatable bonds is 4. The summed E-state index contributed by atoms with van der Waals surface area (Å²) in [5, 5.41) is 0. The van der Waals surface area contributed by atoms with Crippen molar-refractivity contribution < 1.29 is 8.98 Å². The second kappa shape index (κ2) is 10.1. The molecule has 2 aliphatic heterocycles. The predicted molar refractivity (Wildman–Crippen MR) is 113 cm³/mol. The van der Waals surface area contributed by atoms with Crippen molar-refractivity contribution >= 4 is 26.8 Å². The van der Waals surface area contributed by atoms with Gasteiger partial charge in [0.25, 0.3) is 0 Å². The van der Waals surface area contributed by atoms with Crippen LogP contribution in [0.25, 0.3) is 0 Å². The average molecular weight is 417 g/mol. The molecule has 0 aromatic rings. The molecular formula is C19H36N4O2S2. The molecule has 0 bridgehead atoms. The minimum atomic E-state index is -0.528. The fourth-order valence-corrected chi connectivity index (χ4v) is 5.92. The maximum atomic E-state index is 13.8. The standard InChI is InChI=1S/C19H36N4O2S2/c1-15-13-17(25-27(2)26)11-12-23(15)18(24)19(14-20-22-21-19)16-9-7-5-3-4-6-8-10-16/h15-17,20-22H,3-14H2,1-2H3/t15-,17-,19?,27?/m0/s1. The summed E-state index contributed by atoms with van der Waals surface area (Å²) in [6, 6.07) is 0.186. The third-order valence-corrected chi connectivity index (χ3v) is 7.31. The lowest BCUT2D eigenvalue weighted by Gasteiger charge is -2.44. The zero-order valence-corrected chi connectivity index (χ0v) is 18.4. The van der Waals surface area contributed by atoms with Crippen molar-refractivity contribution in [1.29, 1.82) is 0 Å². The first-order valence-corrected chi connectivity index (χ1v) is 13.1. The van der Waals surface area contributed by atoms with Crippen LogP contribution in [0.3, 0.4) is 0 Å². The molecule has 3 N–H and O–H groups in total. The molecule has 2 heterocycles. The Morgan fingerprint density at radius 3 is 2.37 bits per heavy atom. The molecule has 1 saturated carbocycles. The minimum absolute atomic E-state index is 0.184. The third kappa shape index (κ3) is 5.28. The van der Waals surface area contributed by atoms with Crippen LogP contribution in [0.1, 0.15) is 71.1 Å². The van der Waals surface area contributed by atoms with E-state index in [1.807, 2.05) is 6.26 Å². The van der Waals surface area contributed by atoms with Crippen molar-refractivity contribution in [3.05, 3.63) is 0 Å². The summed E-state index contributed by atoms with van der Waals surface area (Å²) < 4.78 is 5.87. The lowest BCUT2D eigenvalue weighted by Crippen LogP contribution is -2.65. The van der Waals surface area contributed by atoms with Crippen molar-refractivity contribution in [3.8, 4) is 0 Å². The quantitative estimate of drug-likeness (QED) is 0.652. The van der Waals surface area contributed by atoms with Crippen LogP contribution in [0.15, 0.2) is 0 Å². The van der Waals surface area contributed by atoms with Gasteiger partial charge >= 0.3 is 0 Å². The van der Waals surface area contributed by atoms with Crippen molar-refractivity contribution in [2.75, 3.05) is 19.3 Å². The number of carbonyl (C=O) groups excluding carboxylic acids is 1. The molecule has 6 nitrogen and oxygen atoms in total. The molecule has 3 aliphatic rings. The predicted octanol–water partition coefficient (Wildman–Crippen LogP) is 2.11. The van der Waals surface area contributed by atoms with Gasteiger partial charge in [-0.15, -0.1) is 0 Å². The van der Waals surface area contributed by atoms with Gasteiger partial charge in [-0.25, -0.2) is 10.9 Å². The number of hydrogen-bond donors (Lipinski definition) is 3. The molecule has 2 saturated heterocycles. The van der Waals surface area contributed by atoms with Crippen molar-refractivity contribution in [1.82, 2.24) is 21.3 Å². The van der Waals surface area contributed by atoms with E-state index in [1.54, 1.807) is 0 Å². The maximum Gasteiger partial charge on any atom is 0.246 e. The molecule has 1 amide bonds. The number of nitrogens with one attached hydrogen (secondary N) is 3. The lowest BCUT2D eigenvalue weighted by atomic mass is 9.76. The van der Waals surface area contributed by atoms with Crippen LogP contribution < -0.4 is 16.4 Å². The van der Waals surface area contributed by atoms with Crippen LogP contribution in [-0.4, -0.2) is 47.8 Å². The van der Waals surface area contributed by atoms with Crippen LogP contribution in [0.2, 0.25) is 0 Å².